The summed E-state index contributed by atoms with van der Waals surface area (Å²) in [6.45, 7) is 8.30. The molecular formula is C25H34O9. The van der Waals surface area contributed by atoms with Gasteiger partial charge in [-0.15, -0.1) is 0 Å². The summed E-state index contributed by atoms with van der Waals surface area (Å²) >= 11 is 0. The van der Waals surface area contributed by atoms with E-state index < -0.39 is 42.5 Å². The Bertz CT molecular complexity index is 857. The van der Waals surface area contributed by atoms with Crippen LogP contribution in [0.25, 0.3) is 0 Å². The Morgan fingerprint density at radius 3 is 2.29 bits per heavy atom. The van der Waals surface area contributed by atoms with Crippen LogP contribution in [0.5, 0.6) is 0 Å². The molecule has 4 aliphatic rings. The van der Waals surface area contributed by atoms with Gasteiger partial charge in [-0.3, -0.25) is 0 Å². The lowest BCUT2D eigenvalue weighted by atomic mass is 9.99. The highest BCUT2D eigenvalue weighted by atomic mass is 16.9. The molecule has 0 saturated carbocycles. The van der Waals surface area contributed by atoms with Gasteiger partial charge in [-0.1, -0.05) is 36.4 Å². The normalized spacial score (nSPS) is 40.1. The maximum atomic E-state index is 10.3. The smallest absolute Gasteiger partial charge is 0.190 e. The number of hydrogen-bond acceptors (Lipinski definition) is 9. The number of aliphatic hydroxyl groups excluding tert-OH is 1. The highest BCUT2D eigenvalue weighted by Crippen LogP contribution is 2.44. The van der Waals surface area contributed by atoms with Crippen molar-refractivity contribution in [3.63, 3.8) is 0 Å². The lowest BCUT2D eigenvalue weighted by Crippen LogP contribution is -2.56. The quantitative estimate of drug-likeness (QED) is 0.592. The molecular weight excluding hydrogens is 444 g/mol. The van der Waals surface area contributed by atoms with Crippen LogP contribution in [0, 0.1) is 0 Å². The standard InChI is InChI=1S/C25H34O9/c1-24(2)31-20-18(30-23-22(21(20)32-24)33-25(3,4)34-23)14-28-19-11-10-16(26)17(29-19)13-27-12-15-8-6-5-7-9-15/h5-11,16-23,26H,12-14H2,1-4H3/t16-,17+,18+,19+,20-,21-,22+,23+/m0/s1. The van der Waals surface area contributed by atoms with Crippen molar-refractivity contribution in [3.05, 3.63) is 48.0 Å². The number of hydrogen-bond donors (Lipinski definition) is 1. The van der Waals surface area contributed by atoms with Gasteiger partial charge in [-0.05, 0) is 39.3 Å². The Balaban J connectivity index is 1.16. The SMILES string of the molecule is CC1(C)O[C@H]2[C@@H](O1)[C@@H](CO[C@H]1C=C[C@H](O)[C@@H](COCc3ccccc3)O1)O[C@@H]1OC(C)(C)O[C@@H]12. The van der Waals surface area contributed by atoms with Gasteiger partial charge >= 0.3 is 0 Å². The van der Waals surface area contributed by atoms with Gasteiger partial charge in [0, 0.05) is 0 Å². The second-order valence-electron chi connectivity index (χ2n) is 9.96. The molecule has 9 heteroatoms. The van der Waals surface area contributed by atoms with Gasteiger partial charge in [0.15, 0.2) is 24.2 Å². The molecule has 0 aromatic heterocycles. The summed E-state index contributed by atoms with van der Waals surface area (Å²) in [5.74, 6) is -1.54. The van der Waals surface area contributed by atoms with Gasteiger partial charge in [-0.25, -0.2) is 0 Å². The van der Waals surface area contributed by atoms with E-state index in [0.29, 0.717) is 6.61 Å². The summed E-state index contributed by atoms with van der Waals surface area (Å²) in [4.78, 5) is 0. The highest BCUT2D eigenvalue weighted by molar-refractivity contribution is 5.13. The molecule has 0 aliphatic carbocycles. The van der Waals surface area contributed by atoms with Gasteiger partial charge in [0.2, 0.25) is 0 Å². The lowest BCUT2D eigenvalue weighted by molar-refractivity contribution is -0.259. The fraction of sp³-hybridized carbons (Fsp3) is 0.680. The van der Waals surface area contributed by atoms with E-state index in [1.165, 1.54) is 0 Å². The monoisotopic (exact) mass is 478 g/mol. The van der Waals surface area contributed by atoms with Crippen LogP contribution in [-0.2, 0) is 44.5 Å². The van der Waals surface area contributed by atoms with E-state index in [1.54, 1.807) is 12.2 Å². The second kappa shape index (κ2) is 9.57. The van der Waals surface area contributed by atoms with Crippen molar-refractivity contribution in [1.29, 1.82) is 0 Å². The van der Waals surface area contributed by atoms with Crippen molar-refractivity contribution >= 4 is 0 Å². The summed E-state index contributed by atoms with van der Waals surface area (Å²) in [5, 5.41) is 10.3. The Labute approximate surface area is 199 Å². The lowest BCUT2D eigenvalue weighted by Gasteiger charge is -2.38. The maximum Gasteiger partial charge on any atom is 0.190 e. The molecule has 4 aliphatic heterocycles. The molecule has 0 unspecified atom stereocenters. The molecule has 8 atom stereocenters. The van der Waals surface area contributed by atoms with Crippen molar-refractivity contribution < 1.29 is 43.0 Å². The van der Waals surface area contributed by atoms with Gasteiger partial charge in [0.05, 0.1) is 19.8 Å². The minimum atomic E-state index is -0.774. The molecule has 0 radical (unpaired) electrons. The van der Waals surface area contributed by atoms with Crippen molar-refractivity contribution in [2.45, 2.75) is 95.1 Å². The molecule has 5 rings (SSSR count). The van der Waals surface area contributed by atoms with Gasteiger partial charge in [0.25, 0.3) is 0 Å². The predicted molar refractivity (Wildman–Crippen MR) is 118 cm³/mol. The fourth-order valence-corrected chi connectivity index (χ4v) is 4.74. The van der Waals surface area contributed by atoms with Gasteiger partial charge in [-0.2, -0.15) is 0 Å². The molecule has 9 nitrogen and oxygen atoms in total. The largest absolute Gasteiger partial charge is 0.386 e. The zero-order chi connectivity index (χ0) is 23.9. The number of fused-ring (bicyclic) bond motifs is 3. The van der Waals surface area contributed by atoms with Crippen molar-refractivity contribution in [2.75, 3.05) is 13.2 Å². The number of aliphatic hydroxyl groups is 1. The molecule has 3 fully saturated rings. The molecule has 1 aromatic rings. The van der Waals surface area contributed by atoms with Crippen molar-refractivity contribution in [3.8, 4) is 0 Å². The van der Waals surface area contributed by atoms with Crippen molar-refractivity contribution in [1.82, 2.24) is 0 Å². The van der Waals surface area contributed by atoms with E-state index in [-0.39, 0.29) is 31.5 Å². The first-order valence-electron chi connectivity index (χ1n) is 11.8. The third-order valence-corrected chi connectivity index (χ3v) is 6.22. The Morgan fingerprint density at radius 1 is 0.794 bits per heavy atom. The molecule has 34 heavy (non-hydrogen) atoms. The minimum absolute atomic E-state index is 0.191. The average Bonchev–Trinajstić information content (AvgIpc) is 3.28. The van der Waals surface area contributed by atoms with Crippen LogP contribution in [-0.4, -0.2) is 79.1 Å². The van der Waals surface area contributed by atoms with Crippen LogP contribution >= 0.6 is 0 Å². The third-order valence-electron chi connectivity index (χ3n) is 6.22. The zero-order valence-electron chi connectivity index (χ0n) is 20.0. The van der Waals surface area contributed by atoms with Crippen LogP contribution in [0.4, 0.5) is 0 Å². The number of benzene rings is 1. The van der Waals surface area contributed by atoms with E-state index in [2.05, 4.69) is 0 Å². The topological polar surface area (TPSA) is 94.1 Å². The van der Waals surface area contributed by atoms with Crippen molar-refractivity contribution in [2.24, 2.45) is 0 Å². The van der Waals surface area contributed by atoms with E-state index in [9.17, 15) is 5.11 Å². The van der Waals surface area contributed by atoms with Crippen LogP contribution in [0.2, 0.25) is 0 Å². The van der Waals surface area contributed by atoms with Gasteiger partial charge < -0.3 is 43.0 Å². The first kappa shape index (κ1) is 24.3. The second-order valence-corrected chi connectivity index (χ2v) is 9.96. The van der Waals surface area contributed by atoms with E-state index >= 15 is 0 Å². The molecule has 0 bridgehead atoms. The summed E-state index contributed by atoms with van der Waals surface area (Å²) < 4.78 is 48.1. The van der Waals surface area contributed by atoms with E-state index in [0.717, 1.165) is 5.56 Å². The fourth-order valence-electron chi connectivity index (χ4n) is 4.74. The molecule has 0 amide bonds. The van der Waals surface area contributed by atoms with E-state index in [1.807, 2.05) is 58.0 Å². The Kier molecular flexibility index (Phi) is 6.84. The third kappa shape index (κ3) is 5.38. The summed E-state index contributed by atoms with van der Waals surface area (Å²) in [7, 11) is 0. The van der Waals surface area contributed by atoms with Crippen LogP contribution in [0.3, 0.4) is 0 Å². The molecule has 4 heterocycles. The average molecular weight is 479 g/mol. The number of ether oxygens (including phenoxy) is 8. The first-order valence-corrected chi connectivity index (χ1v) is 11.8. The molecule has 188 valence electrons. The van der Waals surface area contributed by atoms with E-state index in [4.69, 9.17) is 37.9 Å². The Morgan fingerprint density at radius 2 is 1.50 bits per heavy atom. The molecule has 1 aromatic carbocycles. The predicted octanol–water partition coefficient (Wildman–Crippen LogP) is 2.26. The highest BCUT2D eigenvalue weighted by Gasteiger charge is 2.60. The van der Waals surface area contributed by atoms with Crippen LogP contribution in [0.15, 0.2) is 42.5 Å². The first-order chi connectivity index (χ1) is 16.2. The zero-order valence-corrected chi connectivity index (χ0v) is 20.0. The molecule has 0 spiro atoms. The molecule has 1 N–H and O–H groups in total. The maximum absolute atomic E-state index is 10.3. The molecule has 3 saturated heterocycles. The summed E-state index contributed by atoms with van der Waals surface area (Å²) in [6, 6.07) is 9.85. The number of rotatable bonds is 7. The summed E-state index contributed by atoms with van der Waals surface area (Å²) in [6.07, 6.45) is -0.731. The summed E-state index contributed by atoms with van der Waals surface area (Å²) in [5.41, 5.74) is 1.06. The van der Waals surface area contributed by atoms with Crippen LogP contribution in [0.1, 0.15) is 33.3 Å². The Hall–Kier alpha value is -1.40. The van der Waals surface area contributed by atoms with Crippen LogP contribution < -0.4 is 0 Å². The van der Waals surface area contributed by atoms with Gasteiger partial charge in [0.1, 0.15) is 36.6 Å². The minimum Gasteiger partial charge on any atom is -0.386 e.